The highest BCUT2D eigenvalue weighted by atomic mass is 35.5. The van der Waals surface area contributed by atoms with Crippen molar-refractivity contribution in [2.45, 2.75) is 32.1 Å². The molecule has 1 aliphatic carbocycles. The Labute approximate surface area is 112 Å². The fourth-order valence-corrected chi connectivity index (χ4v) is 2.53. The monoisotopic (exact) mass is 267 g/mol. The van der Waals surface area contributed by atoms with Crippen LogP contribution in [0.15, 0.2) is 18.2 Å². The molecule has 1 aromatic carbocycles. The first-order valence-electron chi connectivity index (χ1n) is 6.39. The number of ether oxygens (including phenoxy) is 1. The fraction of sp³-hybridized carbons (Fsp3) is 0.500. The number of halogens is 1. The van der Waals surface area contributed by atoms with E-state index in [1.165, 1.54) is 19.3 Å². The molecule has 1 aliphatic rings. The van der Waals surface area contributed by atoms with Crippen LogP contribution in [0.1, 0.15) is 42.5 Å². The average molecular weight is 268 g/mol. The van der Waals surface area contributed by atoms with Crippen molar-refractivity contribution in [2.24, 2.45) is 5.92 Å². The van der Waals surface area contributed by atoms with Crippen LogP contribution in [0.5, 0.6) is 0 Å². The fourth-order valence-electron chi connectivity index (χ4n) is 2.34. The Morgan fingerprint density at radius 3 is 2.72 bits per heavy atom. The van der Waals surface area contributed by atoms with Crippen molar-refractivity contribution in [1.29, 1.82) is 0 Å². The molecule has 2 N–H and O–H groups in total. The number of anilines is 1. The summed E-state index contributed by atoms with van der Waals surface area (Å²) in [6.07, 6.45) is 6.10. The van der Waals surface area contributed by atoms with Crippen LogP contribution in [0.3, 0.4) is 0 Å². The van der Waals surface area contributed by atoms with Crippen molar-refractivity contribution in [3.8, 4) is 0 Å². The van der Waals surface area contributed by atoms with Crippen LogP contribution in [0.25, 0.3) is 0 Å². The smallest absolute Gasteiger partial charge is 0.340 e. The summed E-state index contributed by atoms with van der Waals surface area (Å²) < 4.78 is 5.33. The van der Waals surface area contributed by atoms with Gasteiger partial charge in [-0.1, -0.05) is 30.9 Å². The molecule has 0 aliphatic heterocycles. The van der Waals surface area contributed by atoms with Gasteiger partial charge < -0.3 is 10.5 Å². The third-order valence-corrected chi connectivity index (χ3v) is 3.64. The summed E-state index contributed by atoms with van der Waals surface area (Å²) in [5.41, 5.74) is 6.52. The molecule has 0 saturated heterocycles. The van der Waals surface area contributed by atoms with Crippen molar-refractivity contribution in [2.75, 3.05) is 12.3 Å². The zero-order valence-corrected chi connectivity index (χ0v) is 11.1. The Balaban J connectivity index is 1.90. The molecule has 0 radical (unpaired) electrons. The number of carbonyl (C=O) groups is 1. The Morgan fingerprint density at radius 2 is 2.06 bits per heavy atom. The van der Waals surface area contributed by atoms with E-state index in [1.54, 1.807) is 18.2 Å². The second-order valence-electron chi connectivity index (χ2n) is 4.83. The van der Waals surface area contributed by atoms with Gasteiger partial charge in [-0.25, -0.2) is 4.79 Å². The lowest BCUT2D eigenvalue weighted by molar-refractivity contribution is 0.0411. The van der Waals surface area contributed by atoms with Crippen molar-refractivity contribution >= 4 is 23.3 Å². The first-order valence-corrected chi connectivity index (χ1v) is 6.77. The number of benzene rings is 1. The van der Waals surface area contributed by atoms with E-state index in [0.29, 0.717) is 28.8 Å². The first-order chi connectivity index (χ1) is 8.66. The van der Waals surface area contributed by atoms with Crippen LogP contribution in [-0.2, 0) is 4.74 Å². The standard InChI is InChI=1S/C14H18ClNO2/c15-11-6-7-12(13(16)8-11)14(17)18-9-10-4-2-1-3-5-10/h6-8,10H,1-5,9,16H2. The Kier molecular flexibility index (Phi) is 4.48. The lowest BCUT2D eigenvalue weighted by Gasteiger charge is -2.21. The molecule has 2 rings (SSSR count). The van der Waals surface area contributed by atoms with Crippen molar-refractivity contribution in [1.82, 2.24) is 0 Å². The molecule has 4 heteroatoms. The third kappa shape index (κ3) is 3.39. The van der Waals surface area contributed by atoms with Gasteiger partial charge in [-0.3, -0.25) is 0 Å². The van der Waals surface area contributed by atoms with Gasteiger partial charge in [-0.2, -0.15) is 0 Å². The van der Waals surface area contributed by atoms with E-state index in [0.717, 1.165) is 12.8 Å². The van der Waals surface area contributed by atoms with Gasteiger partial charge in [0.25, 0.3) is 0 Å². The topological polar surface area (TPSA) is 52.3 Å². The van der Waals surface area contributed by atoms with Crippen molar-refractivity contribution < 1.29 is 9.53 Å². The quantitative estimate of drug-likeness (QED) is 0.672. The summed E-state index contributed by atoms with van der Waals surface area (Å²) >= 11 is 5.79. The molecule has 1 fully saturated rings. The van der Waals surface area contributed by atoms with Crippen LogP contribution in [0.4, 0.5) is 5.69 Å². The lowest BCUT2D eigenvalue weighted by atomic mass is 9.90. The minimum absolute atomic E-state index is 0.352. The van der Waals surface area contributed by atoms with Gasteiger partial charge in [-0.05, 0) is 37.0 Å². The van der Waals surface area contributed by atoms with Gasteiger partial charge in [0.1, 0.15) is 0 Å². The maximum absolute atomic E-state index is 11.9. The van der Waals surface area contributed by atoms with E-state index >= 15 is 0 Å². The molecular weight excluding hydrogens is 250 g/mol. The molecule has 0 aromatic heterocycles. The highest BCUT2D eigenvalue weighted by molar-refractivity contribution is 6.31. The minimum Gasteiger partial charge on any atom is -0.462 e. The zero-order valence-electron chi connectivity index (χ0n) is 10.3. The summed E-state index contributed by atoms with van der Waals surface area (Å²) in [5.74, 6) is 0.158. The predicted octanol–water partition coefficient (Wildman–Crippen LogP) is 3.66. The van der Waals surface area contributed by atoms with E-state index in [9.17, 15) is 4.79 Å². The van der Waals surface area contributed by atoms with Gasteiger partial charge in [0.2, 0.25) is 0 Å². The molecule has 0 spiro atoms. The summed E-state index contributed by atoms with van der Waals surface area (Å²) in [4.78, 5) is 11.9. The van der Waals surface area contributed by atoms with Crippen molar-refractivity contribution in [3.05, 3.63) is 28.8 Å². The molecule has 0 unspecified atom stereocenters. The van der Waals surface area contributed by atoms with E-state index in [4.69, 9.17) is 22.1 Å². The van der Waals surface area contributed by atoms with Crippen LogP contribution in [0, 0.1) is 5.92 Å². The number of hydrogen-bond donors (Lipinski definition) is 1. The van der Waals surface area contributed by atoms with Crippen LogP contribution in [-0.4, -0.2) is 12.6 Å². The SMILES string of the molecule is Nc1cc(Cl)ccc1C(=O)OCC1CCCCC1. The summed E-state index contributed by atoms with van der Waals surface area (Å²) in [7, 11) is 0. The van der Waals surface area contributed by atoms with Crippen LogP contribution in [0.2, 0.25) is 5.02 Å². The van der Waals surface area contributed by atoms with Gasteiger partial charge in [0, 0.05) is 10.7 Å². The van der Waals surface area contributed by atoms with Gasteiger partial charge in [0.15, 0.2) is 0 Å². The third-order valence-electron chi connectivity index (χ3n) is 3.41. The highest BCUT2D eigenvalue weighted by Crippen LogP contribution is 2.24. The van der Waals surface area contributed by atoms with Gasteiger partial charge in [0.05, 0.1) is 12.2 Å². The molecule has 0 amide bonds. The van der Waals surface area contributed by atoms with E-state index < -0.39 is 0 Å². The molecule has 1 aromatic rings. The van der Waals surface area contributed by atoms with Crippen LogP contribution >= 0.6 is 11.6 Å². The largest absolute Gasteiger partial charge is 0.462 e. The van der Waals surface area contributed by atoms with Crippen LogP contribution < -0.4 is 5.73 Å². The number of rotatable bonds is 3. The molecule has 0 bridgehead atoms. The normalized spacial score (nSPS) is 16.5. The number of nitrogens with two attached hydrogens (primary N) is 1. The Bertz CT molecular complexity index is 428. The highest BCUT2D eigenvalue weighted by Gasteiger charge is 2.17. The number of carbonyl (C=O) groups excluding carboxylic acids is 1. The average Bonchev–Trinajstić information content (AvgIpc) is 2.37. The number of esters is 1. The van der Waals surface area contributed by atoms with E-state index in [2.05, 4.69) is 0 Å². The molecule has 0 heterocycles. The molecular formula is C14H18ClNO2. The maximum atomic E-state index is 11.9. The molecule has 98 valence electrons. The molecule has 1 saturated carbocycles. The second-order valence-corrected chi connectivity index (χ2v) is 5.27. The molecule has 0 atom stereocenters. The predicted molar refractivity (Wildman–Crippen MR) is 72.7 cm³/mol. The molecule has 3 nitrogen and oxygen atoms in total. The first kappa shape index (κ1) is 13.2. The molecule has 18 heavy (non-hydrogen) atoms. The van der Waals surface area contributed by atoms with Crippen molar-refractivity contribution in [3.63, 3.8) is 0 Å². The Morgan fingerprint density at radius 1 is 1.33 bits per heavy atom. The lowest BCUT2D eigenvalue weighted by Crippen LogP contribution is -2.17. The zero-order chi connectivity index (χ0) is 13.0. The number of nitrogen functional groups attached to an aromatic ring is 1. The summed E-state index contributed by atoms with van der Waals surface area (Å²) in [5, 5.41) is 0.524. The summed E-state index contributed by atoms with van der Waals surface area (Å²) in [6.45, 7) is 0.501. The van der Waals surface area contributed by atoms with Gasteiger partial charge >= 0.3 is 5.97 Å². The van der Waals surface area contributed by atoms with E-state index in [-0.39, 0.29) is 5.97 Å². The second kappa shape index (κ2) is 6.10. The van der Waals surface area contributed by atoms with Gasteiger partial charge in [-0.15, -0.1) is 0 Å². The number of hydrogen-bond acceptors (Lipinski definition) is 3. The Hall–Kier alpha value is -1.22. The minimum atomic E-state index is -0.352. The summed E-state index contributed by atoms with van der Waals surface area (Å²) in [6, 6.07) is 4.83. The maximum Gasteiger partial charge on any atom is 0.340 e. The van der Waals surface area contributed by atoms with E-state index in [1.807, 2.05) is 0 Å².